The third-order valence-electron chi connectivity index (χ3n) is 11.5. The van der Waals surface area contributed by atoms with Crippen LogP contribution in [0.1, 0.15) is 72.6 Å². The molecule has 0 unspecified atom stereocenters. The highest BCUT2D eigenvalue weighted by Crippen LogP contribution is 2.46. The number of hydrogen-bond acceptors (Lipinski definition) is 11. The number of sulfonamides is 1. The number of carbonyl (C=O) groups excluding carboxylic acids is 4. The molecule has 0 radical (unpaired) electrons. The number of aromatic nitrogens is 1. The molecule has 318 valence electrons. The topological polar surface area (TPSA) is 192 Å². The molecule has 3 heterocycles. The van der Waals surface area contributed by atoms with Crippen LogP contribution in [-0.2, 0) is 29.1 Å². The van der Waals surface area contributed by atoms with Gasteiger partial charge in [-0.2, -0.15) is 13.2 Å². The number of ether oxygens (including phenoxy) is 4. The van der Waals surface area contributed by atoms with Crippen molar-refractivity contribution in [3.63, 3.8) is 0 Å². The second-order valence-electron chi connectivity index (χ2n) is 16.3. The Morgan fingerprint density at radius 3 is 2.40 bits per heavy atom. The summed E-state index contributed by atoms with van der Waals surface area (Å²) in [5.41, 5.74) is -4.53. The van der Waals surface area contributed by atoms with Crippen LogP contribution in [0.4, 0.5) is 18.0 Å². The van der Waals surface area contributed by atoms with Gasteiger partial charge in [0, 0.05) is 23.1 Å². The minimum Gasteiger partial charge on any atom is -0.497 e. The van der Waals surface area contributed by atoms with Gasteiger partial charge in [-0.1, -0.05) is 32.4 Å². The first-order chi connectivity index (χ1) is 27.2. The Labute approximate surface area is 334 Å². The second kappa shape index (κ2) is 16.1. The van der Waals surface area contributed by atoms with E-state index in [4.69, 9.17) is 18.9 Å². The van der Waals surface area contributed by atoms with E-state index < -0.39 is 86.4 Å². The van der Waals surface area contributed by atoms with E-state index in [1.54, 1.807) is 31.2 Å². The predicted molar refractivity (Wildman–Crippen MR) is 203 cm³/mol. The fraction of sp³-hybridized carbons (Fsp3) is 0.615. The maximum Gasteiger partial charge on any atom is 0.427 e. The number of pyridine rings is 1. The van der Waals surface area contributed by atoms with E-state index in [1.165, 1.54) is 25.3 Å². The zero-order chi connectivity index (χ0) is 42.4. The highest BCUT2D eigenvalue weighted by molar-refractivity contribution is 7.91. The van der Waals surface area contributed by atoms with Crippen LogP contribution in [0.15, 0.2) is 36.5 Å². The largest absolute Gasteiger partial charge is 0.497 e. The third-order valence-corrected chi connectivity index (χ3v) is 13.3. The van der Waals surface area contributed by atoms with Crippen molar-refractivity contribution in [3.05, 3.63) is 36.5 Å². The molecule has 1 saturated heterocycles. The minimum atomic E-state index is -4.92. The van der Waals surface area contributed by atoms with Crippen LogP contribution in [0.2, 0.25) is 0 Å². The number of nitrogens with zero attached hydrogens (tertiary/aromatic N) is 2. The number of nitrogens with one attached hydrogen (secondary N) is 3. The molecule has 1 aromatic heterocycles. The average molecular weight is 838 g/mol. The van der Waals surface area contributed by atoms with E-state index in [1.807, 2.05) is 13.0 Å². The first-order valence-electron chi connectivity index (χ1n) is 19.3. The van der Waals surface area contributed by atoms with Crippen LogP contribution in [0.5, 0.6) is 17.4 Å². The van der Waals surface area contributed by atoms with E-state index in [0.29, 0.717) is 68.2 Å². The number of halogens is 3. The molecule has 4 aliphatic rings. The number of alkyl carbamates (subject to hydrolysis) is 1. The van der Waals surface area contributed by atoms with Gasteiger partial charge in [-0.05, 0) is 76.0 Å². The molecule has 19 heteroatoms. The molecule has 4 amide bonds. The molecule has 7 atom stereocenters. The number of alkyl halides is 3. The average Bonchev–Trinajstić information content (AvgIpc) is 4.08. The molecule has 2 saturated carbocycles. The van der Waals surface area contributed by atoms with Gasteiger partial charge in [0.15, 0.2) is 0 Å². The Bertz CT molecular complexity index is 2080. The number of hydrogen-bond donors (Lipinski definition) is 3. The number of fused-ring (bicyclic) bond motifs is 3. The number of methoxy groups -OCH3 is 2. The normalized spacial score (nSPS) is 28.8. The molecule has 3 fully saturated rings. The quantitative estimate of drug-likeness (QED) is 0.301. The SMILES string of the molecule is COc1ccc2c(O[C@@H]3C[C@H]4C(=O)N[C@]5(C(=O)NS(=O)(=O)C6CC6)C[C@H]5/C=C\[C@H](C)CCC[C@@H](C)[C@H](NC(=O)OC(C)(C)C(F)(F)F)C(=O)N4C3)ncc(OC)c2c1. The van der Waals surface area contributed by atoms with Gasteiger partial charge in [-0.15, -0.1) is 0 Å². The van der Waals surface area contributed by atoms with Gasteiger partial charge in [0.1, 0.15) is 35.2 Å². The van der Waals surface area contributed by atoms with Crippen molar-refractivity contribution >= 4 is 44.6 Å². The van der Waals surface area contributed by atoms with E-state index in [0.717, 1.165) is 0 Å². The summed E-state index contributed by atoms with van der Waals surface area (Å²) in [6.45, 7) is 4.75. The number of carbonyl (C=O) groups is 4. The van der Waals surface area contributed by atoms with Gasteiger partial charge in [0.05, 0.1) is 32.2 Å². The first kappa shape index (κ1) is 42.8. The van der Waals surface area contributed by atoms with E-state index in [9.17, 15) is 40.8 Å². The third kappa shape index (κ3) is 8.93. The number of allylic oxidation sites excluding steroid dienone is 1. The lowest BCUT2D eigenvalue weighted by Gasteiger charge is -2.33. The monoisotopic (exact) mass is 837 g/mol. The molecule has 1 aromatic carbocycles. The molecule has 58 heavy (non-hydrogen) atoms. The first-order valence-corrected chi connectivity index (χ1v) is 20.8. The van der Waals surface area contributed by atoms with Gasteiger partial charge in [0.25, 0.3) is 5.91 Å². The van der Waals surface area contributed by atoms with Crippen molar-refractivity contribution in [3.8, 4) is 17.4 Å². The molecule has 0 spiro atoms. The lowest BCUT2D eigenvalue weighted by molar-refractivity contribution is -0.244. The summed E-state index contributed by atoms with van der Waals surface area (Å²) in [6.07, 6.45) is 0.125. The molecule has 6 rings (SSSR count). The highest BCUT2D eigenvalue weighted by atomic mass is 32.2. The molecule has 3 N–H and O–H groups in total. The van der Waals surface area contributed by atoms with Crippen molar-refractivity contribution in [2.24, 2.45) is 17.8 Å². The molecule has 2 aromatic rings. The van der Waals surface area contributed by atoms with Crippen molar-refractivity contribution in [1.29, 1.82) is 0 Å². The summed E-state index contributed by atoms with van der Waals surface area (Å²) < 4.78 is 91.1. The van der Waals surface area contributed by atoms with Gasteiger partial charge < -0.3 is 34.5 Å². The molecular weight excluding hydrogens is 788 g/mol. The summed E-state index contributed by atoms with van der Waals surface area (Å²) in [5, 5.41) is 5.57. The summed E-state index contributed by atoms with van der Waals surface area (Å²) in [5.74, 6) is -2.60. The maximum absolute atomic E-state index is 14.7. The van der Waals surface area contributed by atoms with Gasteiger partial charge >= 0.3 is 12.3 Å². The minimum absolute atomic E-state index is 0.0333. The Balaban J connectivity index is 1.36. The zero-order valence-corrected chi connectivity index (χ0v) is 34.0. The van der Waals surface area contributed by atoms with Crippen LogP contribution in [0.25, 0.3) is 10.8 Å². The van der Waals surface area contributed by atoms with Crippen LogP contribution in [0, 0.1) is 17.8 Å². The maximum atomic E-state index is 14.7. The Morgan fingerprint density at radius 2 is 1.74 bits per heavy atom. The van der Waals surface area contributed by atoms with Crippen molar-refractivity contribution in [1.82, 2.24) is 25.2 Å². The standard InChI is InChI=1S/C39H50F3N5O10S/c1-21-8-7-9-22(2)31(44-36(51)57-37(3,4)39(40,41)42)34(49)47-20-25(56-33-27-15-12-24(54-5)16-28(27)30(55-6)19-43-33)17-29(47)32(48)45-38(18-23(38)11-10-21)35(50)46-58(52,53)26-13-14-26/h10-12,15-16,19,21-23,25-26,29,31H,7-9,13-14,17-18,20H2,1-6H3,(H,44,51)(H,45,48)(H,46,50)/b11-10-/t21-,22-,23-,25-,29+,31+,38-/m1/s1. The molecule has 2 aliphatic heterocycles. The van der Waals surface area contributed by atoms with E-state index >= 15 is 0 Å². The van der Waals surface area contributed by atoms with Gasteiger partial charge in [-0.3, -0.25) is 19.1 Å². The zero-order valence-electron chi connectivity index (χ0n) is 33.2. The van der Waals surface area contributed by atoms with Crippen LogP contribution >= 0.6 is 0 Å². The Morgan fingerprint density at radius 1 is 1.02 bits per heavy atom. The highest BCUT2D eigenvalue weighted by Gasteiger charge is 2.62. The fourth-order valence-corrected chi connectivity index (χ4v) is 8.84. The van der Waals surface area contributed by atoms with Crippen LogP contribution in [-0.4, -0.2) is 104 Å². The van der Waals surface area contributed by atoms with E-state index in [-0.39, 0.29) is 31.2 Å². The number of rotatable bonds is 9. The van der Waals surface area contributed by atoms with Crippen molar-refractivity contribution in [2.45, 2.75) is 113 Å². The second-order valence-corrected chi connectivity index (χ2v) is 18.2. The van der Waals surface area contributed by atoms with Gasteiger partial charge in [0.2, 0.25) is 33.3 Å². The fourth-order valence-electron chi connectivity index (χ4n) is 7.47. The Hall–Kier alpha value is -4.81. The molecule has 0 bridgehead atoms. The van der Waals surface area contributed by atoms with Crippen LogP contribution < -0.4 is 29.6 Å². The summed E-state index contributed by atoms with van der Waals surface area (Å²) in [6, 6.07) is 2.35. The van der Waals surface area contributed by atoms with Crippen molar-refractivity contribution < 1.29 is 59.7 Å². The molecule has 2 aliphatic carbocycles. The molecule has 15 nitrogen and oxygen atoms in total. The summed E-state index contributed by atoms with van der Waals surface area (Å²) in [7, 11) is -1.01. The van der Waals surface area contributed by atoms with Crippen molar-refractivity contribution in [2.75, 3.05) is 20.8 Å². The number of benzene rings is 1. The van der Waals surface area contributed by atoms with E-state index in [2.05, 4.69) is 20.3 Å². The summed E-state index contributed by atoms with van der Waals surface area (Å²) >= 11 is 0. The summed E-state index contributed by atoms with van der Waals surface area (Å²) in [4.78, 5) is 61.7. The smallest absolute Gasteiger partial charge is 0.427 e. The lowest BCUT2D eigenvalue weighted by Crippen LogP contribution is -2.59. The Kier molecular flexibility index (Phi) is 11.9. The lowest BCUT2D eigenvalue weighted by atomic mass is 9.92. The van der Waals surface area contributed by atoms with Gasteiger partial charge in [-0.25, -0.2) is 18.2 Å². The number of amides is 4. The molecular formula is C39H50F3N5O10S. The predicted octanol–water partition coefficient (Wildman–Crippen LogP) is 4.53. The van der Waals surface area contributed by atoms with Crippen LogP contribution in [0.3, 0.4) is 0 Å².